The first-order chi connectivity index (χ1) is 8.88. The smallest absolute Gasteiger partial charge is 0.309 e. The Hall–Kier alpha value is -2.24. The van der Waals surface area contributed by atoms with Crippen molar-refractivity contribution < 1.29 is 9.90 Å². The lowest BCUT2D eigenvalue weighted by Crippen LogP contribution is -2.12. The summed E-state index contributed by atoms with van der Waals surface area (Å²) in [6.07, 6.45) is -0.0884. The van der Waals surface area contributed by atoms with Gasteiger partial charge in [-0.25, -0.2) is 9.67 Å². The van der Waals surface area contributed by atoms with Crippen molar-refractivity contribution in [3.8, 4) is 5.82 Å². The first-order valence-electron chi connectivity index (χ1n) is 5.98. The SMILES string of the molecule is Cc1cc(CC(=O)O)n(-c2nc(C)c(C)nc2C)n1. The van der Waals surface area contributed by atoms with E-state index in [0.717, 1.165) is 22.8 Å². The van der Waals surface area contributed by atoms with Crippen molar-refractivity contribution in [2.45, 2.75) is 34.1 Å². The summed E-state index contributed by atoms with van der Waals surface area (Å²) in [5.41, 5.74) is 3.78. The second-order valence-electron chi connectivity index (χ2n) is 4.56. The number of aryl methyl sites for hydroxylation is 4. The highest BCUT2D eigenvalue weighted by molar-refractivity contribution is 5.69. The Morgan fingerprint density at radius 3 is 2.42 bits per heavy atom. The van der Waals surface area contributed by atoms with Gasteiger partial charge in [0.05, 0.1) is 34.9 Å². The first kappa shape index (κ1) is 13.2. The molecule has 2 heterocycles. The number of rotatable bonds is 3. The van der Waals surface area contributed by atoms with Gasteiger partial charge in [-0.15, -0.1) is 0 Å². The van der Waals surface area contributed by atoms with Crippen LogP contribution in [0.5, 0.6) is 0 Å². The summed E-state index contributed by atoms with van der Waals surface area (Å²) < 4.78 is 1.57. The molecule has 2 aromatic rings. The molecular formula is C13H16N4O2. The molecule has 0 aromatic carbocycles. The Balaban J connectivity index is 2.58. The van der Waals surface area contributed by atoms with E-state index in [1.807, 2.05) is 27.7 Å². The minimum atomic E-state index is -0.893. The predicted molar refractivity (Wildman–Crippen MR) is 69.4 cm³/mol. The minimum Gasteiger partial charge on any atom is -0.481 e. The van der Waals surface area contributed by atoms with Crippen molar-refractivity contribution in [3.63, 3.8) is 0 Å². The summed E-state index contributed by atoms with van der Waals surface area (Å²) >= 11 is 0. The van der Waals surface area contributed by atoms with Gasteiger partial charge in [0, 0.05) is 0 Å². The zero-order valence-electron chi connectivity index (χ0n) is 11.4. The maximum absolute atomic E-state index is 10.9. The average molecular weight is 260 g/mol. The average Bonchev–Trinajstić information content (AvgIpc) is 2.63. The third-order valence-electron chi connectivity index (χ3n) is 2.89. The van der Waals surface area contributed by atoms with Crippen molar-refractivity contribution in [1.29, 1.82) is 0 Å². The van der Waals surface area contributed by atoms with Crippen molar-refractivity contribution in [2.75, 3.05) is 0 Å². The minimum absolute atomic E-state index is 0.0884. The number of aliphatic carboxylic acids is 1. The normalized spacial score (nSPS) is 10.7. The molecule has 2 rings (SSSR count). The van der Waals surface area contributed by atoms with E-state index in [1.165, 1.54) is 0 Å². The van der Waals surface area contributed by atoms with Crippen LogP contribution >= 0.6 is 0 Å². The summed E-state index contributed by atoms with van der Waals surface area (Å²) in [7, 11) is 0. The number of carbonyl (C=O) groups is 1. The van der Waals surface area contributed by atoms with Gasteiger partial charge in [-0.2, -0.15) is 5.10 Å². The Labute approximate surface area is 111 Å². The van der Waals surface area contributed by atoms with E-state index in [4.69, 9.17) is 5.11 Å². The van der Waals surface area contributed by atoms with Crippen LogP contribution in [0.4, 0.5) is 0 Å². The van der Waals surface area contributed by atoms with Crippen LogP contribution in [0, 0.1) is 27.7 Å². The maximum atomic E-state index is 10.9. The zero-order valence-corrected chi connectivity index (χ0v) is 11.4. The molecule has 0 unspecified atom stereocenters. The second kappa shape index (κ2) is 4.79. The third kappa shape index (κ3) is 2.62. The standard InChI is InChI=1S/C13H16N4O2/c1-7-5-11(6-12(18)19)17(16-7)13-10(4)14-8(2)9(3)15-13/h5H,6H2,1-4H3,(H,18,19). The van der Waals surface area contributed by atoms with E-state index in [-0.39, 0.29) is 6.42 Å². The van der Waals surface area contributed by atoms with Gasteiger partial charge in [-0.3, -0.25) is 9.78 Å². The highest BCUT2D eigenvalue weighted by Gasteiger charge is 2.15. The fraction of sp³-hybridized carbons (Fsp3) is 0.385. The summed E-state index contributed by atoms with van der Waals surface area (Å²) in [5.74, 6) is -0.303. The van der Waals surface area contributed by atoms with Gasteiger partial charge in [0.1, 0.15) is 0 Å². The van der Waals surface area contributed by atoms with Gasteiger partial charge in [0.25, 0.3) is 0 Å². The van der Waals surface area contributed by atoms with Crippen molar-refractivity contribution in [2.24, 2.45) is 0 Å². The summed E-state index contributed by atoms with van der Waals surface area (Å²) in [6, 6.07) is 1.75. The summed E-state index contributed by atoms with van der Waals surface area (Å²) in [4.78, 5) is 19.8. The monoisotopic (exact) mass is 260 g/mol. The Morgan fingerprint density at radius 1 is 1.16 bits per heavy atom. The van der Waals surface area contributed by atoms with Crippen molar-refractivity contribution in [3.05, 3.63) is 34.5 Å². The molecule has 100 valence electrons. The van der Waals surface area contributed by atoms with Gasteiger partial charge >= 0.3 is 5.97 Å². The summed E-state index contributed by atoms with van der Waals surface area (Å²) in [5, 5.41) is 13.3. The van der Waals surface area contributed by atoms with Crippen LogP contribution in [0.2, 0.25) is 0 Å². The van der Waals surface area contributed by atoms with Crippen LogP contribution in [0.15, 0.2) is 6.07 Å². The van der Waals surface area contributed by atoms with Gasteiger partial charge in [-0.05, 0) is 33.8 Å². The lowest BCUT2D eigenvalue weighted by atomic mass is 10.2. The van der Waals surface area contributed by atoms with Crippen LogP contribution < -0.4 is 0 Å². The first-order valence-corrected chi connectivity index (χ1v) is 5.98. The van der Waals surface area contributed by atoms with Gasteiger partial charge < -0.3 is 5.11 Å². The van der Waals surface area contributed by atoms with Crippen LogP contribution in [0.25, 0.3) is 5.82 Å². The van der Waals surface area contributed by atoms with E-state index in [1.54, 1.807) is 10.7 Å². The number of aromatic nitrogens is 4. The molecule has 0 bridgehead atoms. The van der Waals surface area contributed by atoms with Crippen LogP contribution in [0.1, 0.15) is 28.5 Å². The Morgan fingerprint density at radius 2 is 1.79 bits per heavy atom. The number of nitrogens with zero attached hydrogens (tertiary/aromatic N) is 4. The van der Waals surface area contributed by atoms with Gasteiger partial charge in [0.15, 0.2) is 5.82 Å². The molecule has 1 N–H and O–H groups in total. The Bertz CT molecular complexity index is 646. The molecule has 0 saturated heterocycles. The molecule has 0 aliphatic heterocycles. The third-order valence-corrected chi connectivity index (χ3v) is 2.89. The molecule has 0 spiro atoms. The molecule has 0 radical (unpaired) electrons. The number of carboxylic acids is 1. The molecule has 6 heteroatoms. The molecule has 0 fully saturated rings. The topological polar surface area (TPSA) is 80.9 Å². The van der Waals surface area contributed by atoms with Gasteiger partial charge in [-0.1, -0.05) is 0 Å². The quantitative estimate of drug-likeness (QED) is 0.905. The molecule has 0 aliphatic rings. The lowest BCUT2D eigenvalue weighted by molar-refractivity contribution is -0.136. The molecule has 0 amide bonds. The molecule has 19 heavy (non-hydrogen) atoms. The summed E-state index contributed by atoms with van der Waals surface area (Å²) in [6.45, 7) is 7.44. The maximum Gasteiger partial charge on any atom is 0.309 e. The predicted octanol–water partition coefficient (Wildman–Crippen LogP) is 1.52. The highest BCUT2D eigenvalue weighted by Crippen LogP contribution is 2.15. The van der Waals surface area contributed by atoms with E-state index >= 15 is 0 Å². The van der Waals surface area contributed by atoms with Crippen molar-refractivity contribution >= 4 is 5.97 Å². The molecular weight excluding hydrogens is 244 g/mol. The molecule has 6 nitrogen and oxygen atoms in total. The second-order valence-corrected chi connectivity index (χ2v) is 4.56. The van der Waals surface area contributed by atoms with Crippen LogP contribution in [-0.4, -0.2) is 30.8 Å². The fourth-order valence-corrected chi connectivity index (χ4v) is 1.92. The van der Waals surface area contributed by atoms with Crippen molar-refractivity contribution in [1.82, 2.24) is 19.7 Å². The van der Waals surface area contributed by atoms with E-state index in [2.05, 4.69) is 15.1 Å². The van der Waals surface area contributed by atoms with Crippen LogP contribution in [-0.2, 0) is 11.2 Å². The van der Waals surface area contributed by atoms with Crippen LogP contribution in [0.3, 0.4) is 0 Å². The number of carboxylic acid groups (broad SMARTS) is 1. The van der Waals surface area contributed by atoms with Gasteiger partial charge in [0.2, 0.25) is 0 Å². The molecule has 0 atom stereocenters. The van der Waals surface area contributed by atoms with E-state index < -0.39 is 5.97 Å². The highest BCUT2D eigenvalue weighted by atomic mass is 16.4. The largest absolute Gasteiger partial charge is 0.481 e. The lowest BCUT2D eigenvalue weighted by Gasteiger charge is -2.10. The fourth-order valence-electron chi connectivity index (χ4n) is 1.92. The Kier molecular flexibility index (Phi) is 3.33. The van der Waals surface area contributed by atoms with E-state index in [9.17, 15) is 4.79 Å². The zero-order chi connectivity index (χ0) is 14.2. The molecule has 2 aromatic heterocycles. The molecule has 0 aliphatic carbocycles. The van der Waals surface area contributed by atoms with E-state index in [0.29, 0.717) is 11.5 Å². The number of hydrogen-bond donors (Lipinski definition) is 1. The number of hydrogen-bond acceptors (Lipinski definition) is 4. The molecule has 0 saturated carbocycles.